The van der Waals surface area contributed by atoms with Gasteiger partial charge >= 0.3 is 0 Å². The summed E-state index contributed by atoms with van der Waals surface area (Å²) in [5, 5.41) is 13.8. The molecule has 1 aromatic carbocycles. The molecule has 3 aromatic rings. The van der Waals surface area contributed by atoms with Crippen LogP contribution in [0, 0.1) is 0 Å². The molecule has 1 aliphatic carbocycles. The van der Waals surface area contributed by atoms with Crippen LogP contribution in [0.4, 0.5) is 5.82 Å². The van der Waals surface area contributed by atoms with Crippen molar-refractivity contribution >= 4 is 28.8 Å². The summed E-state index contributed by atoms with van der Waals surface area (Å²) in [4.78, 5) is 18.1. The highest BCUT2D eigenvalue weighted by atomic mass is 16.3. The number of phenols is 1. The lowest BCUT2D eigenvalue weighted by atomic mass is 9.95. The summed E-state index contributed by atoms with van der Waals surface area (Å²) in [6.07, 6.45) is 7.52. The smallest absolute Gasteiger partial charge is 0.182 e. The average molecular weight is 360 g/mol. The summed E-state index contributed by atoms with van der Waals surface area (Å²) in [5.74, 6) is 0.989. The van der Waals surface area contributed by atoms with E-state index in [1.165, 1.54) is 6.33 Å². The van der Waals surface area contributed by atoms with Gasteiger partial charge in [0, 0.05) is 23.0 Å². The number of hydrogen-bond acceptors (Lipinski definition) is 6. The first-order chi connectivity index (χ1) is 13.1. The van der Waals surface area contributed by atoms with Crippen molar-refractivity contribution in [1.29, 1.82) is 0 Å². The van der Waals surface area contributed by atoms with E-state index >= 15 is 0 Å². The van der Waals surface area contributed by atoms with Crippen molar-refractivity contribution in [2.75, 3.05) is 5.32 Å². The Morgan fingerprint density at radius 2 is 2.15 bits per heavy atom. The molecule has 1 saturated carbocycles. The second-order valence-electron chi connectivity index (χ2n) is 7.05. The van der Waals surface area contributed by atoms with Gasteiger partial charge in [-0.15, -0.1) is 0 Å². The second-order valence-corrected chi connectivity index (χ2v) is 7.05. The lowest BCUT2D eigenvalue weighted by Crippen LogP contribution is -2.35. The number of nitrogens with zero attached hydrogens (tertiary/aromatic N) is 4. The number of aromatic amines is 1. The largest absolute Gasteiger partial charge is 0.507 e. The van der Waals surface area contributed by atoms with E-state index in [0.717, 1.165) is 40.9 Å². The summed E-state index contributed by atoms with van der Waals surface area (Å²) < 4.78 is 0. The Kier molecular flexibility index (Phi) is 3.43. The third kappa shape index (κ3) is 2.54. The predicted molar refractivity (Wildman–Crippen MR) is 105 cm³/mol. The van der Waals surface area contributed by atoms with Crippen molar-refractivity contribution in [2.24, 2.45) is 0 Å². The number of hydrogen-bond donors (Lipinski definition) is 3. The minimum absolute atomic E-state index is 0.0146. The SMILES string of the molecule is C=C1c2c(O)cccc2C=C([C@H](C)Nc2ncnc3nc[nH]c23)N1C1CC1. The molecule has 2 aliphatic rings. The predicted octanol–water partition coefficient (Wildman–Crippen LogP) is 3.35. The van der Waals surface area contributed by atoms with Crippen molar-refractivity contribution in [3.05, 3.63) is 54.3 Å². The van der Waals surface area contributed by atoms with Crippen LogP contribution in [-0.2, 0) is 0 Å². The Morgan fingerprint density at radius 3 is 2.96 bits per heavy atom. The van der Waals surface area contributed by atoms with E-state index in [2.05, 4.69) is 49.7 Å². The number of nitrogens with one attached hydrogen (secondary N) is 2. The highest BCUT2D eigenvalue weighted by Crippen LogP contribution is 2.44. The molecule has 0 amide bonds. The quantitative estimate of drug-likeness (QED) is 0.661. The van der Waals surface area contributed by atoms with Crippen LogP contribution in [0.5, 0.6) is 5.75 Å². The van der Waals surface area contributed by atoms with E-state index in [9.17, 15) is 5.11 Å². The molecule has 136 valence electrons. The molecule has 0 bridgehead atoms. The van der Waals surface area contributed by atoms with Crippen LogP contribution in [0.25, 0.3) is 22.9 Å². The fourth-order valence-corrected chi connectivity index (χ4v) is 3.75. The van der Waals surface area contributed by atoms with Crippen molar-refractivity contribution in [2.45, 2.75) is 31.8 Å². The monoisotopic (exact) mass is 360 g/mol. The molecule has 1 aliphatic heterocycles. The maximum Gasteiger partial charge on any atom is 0.182 e. The van der Waals surface area contributed by atoms with Crippen molar-refractivity contribution in [3.8, 4) is 5.75 Å². The molecular formula is C20H20N6O. The van der Waals surface area contributed by atoms with Gasteiger partial charge in [0.25, 0.3) is 0 Å². The third-order valence-electron chi connectivity index (χ3n) is 5.17. The maximum atomic E-state index is 10.3. The topological polar surface area (TPSA) is 90.0 Å². The number of fused-ring (bicyclic) bond motifs is 2. The highest BCUT2D eigenvalue weighted by molar-refractivity contribution is 5.84. The first-order valence-electron chi connectivity index (χ1n) is 9.06. The lowest BCUT2D eigenvalue weighted by molar-refractivity contribution is 0.439. The summed E-state index contributed by atoms with van der Waals surface area (Å²) in [5.41, 5.74) is 5.19. The van der Waals surface area contributed by atoms with E-state index < -0.39 is 0 Å². The first-order valence-corrected chi connectivity index (χ1v) is 9.06. The fourth-order valence-electron chi connectivity index (χ4n) is 3.75. The number of phenolic OH excluding ortho intramolecular Hbond substituents is 1. The van der Waals surface area contributed by atoms with Gasteiger partial charge in [-0.25, -0.2) is 15.0 Å². The van der Waals surface area contributed by atoms with Crippen LogP contribution in [0.15, 0.2) is 43.1 Å². The van der Waals surface area contributed by atoms with Gasteiger partial charge in [0.05, 0.1) is 12.4 Å². The number of imidazole rings is 1. The Hall–Kier alpha value is -3.35. The van der Waals surface area contributed by atoms with Crippen LogP contribution in [0.1, 0.15) is 30.9 Å². The molecule has 0 saturated heterocycles. The van der Waals surface area contributed by atoms with E-state index in [1.54, 1.807) is 12.4 Å². The minimum atomic E-state index is -0.0146. The molecule has 7 heteroatoms. The van der Waals surface area contributed by atoms with E-state index in [-0.39, 0.29) is 11.8 Å². The van der Waals surface area contributed by atoms with Gasteiger partial charge in [-0.1, -0.05) is 18.7 Å². The zero-order valence-electron chi connectivity index (χ0n) is 15.0. The zero-order valence-corrected chi connectivity index (χ0v) is 15.0. The molecule has 27 heavy (non-hydrogen) atoms. The molecule has 0 radical (unpaired) electrons. The maximum absolute atomic E-state index is 10.3. The van der Waals surface area contributed by atoms with Crippen molar-refractivity contribution < 1.29 is 5.11 Å². The van der Waals surface area contributed by atoms with E-state index in [1.807, 2.05) is 12.1 Å². The number of aromatic nitrogens is 4. The number of aromatic hydroxyl groups is 1. The Balaban J connectivity index is 1.55. The zero-order chi connectivity index (χ0) is 18.5. The molecule has 1 fully saturated rings. The Bertz CT molecular complexity index is 1080. The van der Waals surface area contributed by atoms with Crippen molar-refractivity contribution in [3.63, 3.8) is 0 Å². The third-order valence-corrected chi connectivity index (χ3v) is 5.17. The van der Waals surface area contributed by atoms with Crippen LogP contribution in [0.3, 0.4) is 0 Å². The summed E-state index contributed by atoms with van der Waals surface area (Å²) in [6, 6.07) is 6.00. The van der Waals surface area contributed by atoms with Gasteiger partial charge < -0.3 is 20.3 Å². The highest BCUT2D eigenvalue weighted by Gasteiger charge is 2.37. The van der Waals surface area contributed by atoms with E-state index in [0.29, 0.717) is 17.5 Å². The van der Waals surface area contributed by atoms with Crippen LogP contribution in [-0.4, -0.2) is 42.0 Å². The minimum Gasteiger partial charge on any atom is -0.507 e. The van der Waals surface area contributed by atoms with Gasteiger partial charge in [0.15, 0.2) is 11.5 Å². The number of benzene rings is 1. The van der Waals surface area contributed by atoms with E-state index in [4.69, 9.17) is 0 Å². The Labute approximate surface area is 156 Å². The molecule has 7 nitrogen and oxygen atoms in total. The molecule has 3 heterocycles. The molecule has 0 unspecified atom stereocenters. The Morgan fingerprint density at radius 1 is 1.30 bits per heavy atom. The summed E-state index contributed by atoms with van der Waals surface area (Å²) >= 11 is 0. The molecule has 0 spiro atoms. The second kappa shape index (κ2) is 5.84. The number of H-pyrrole nitrogens is 1. The first kappa shape index (κ1) is 15.9. The molecular weight excluding hydrogens is 340 g/mol. The van der Waals surface area contributed by atoms with Gasteiger partial charge in [-0.3, -0.25) is 0 Å². The average Bonchev–Trinajstić information content (AvgIpc) is 3.37. The molecule has 3 N–H and O–H groups in total. The standard InChI is InChI=1S/C20H20N6O/c1-11(25-20-18-19(22-9-21-18)23-10-24-20)15-8-13-4-3-5-16(27)17(13)12(2)26(15)14-6-7-14/h3-5,8-11,14,27H,2,6-7H2,1H3,(H2,21,22,23,24,25)/t11-/m0/s1. The molecule has 2 aromatic heterocycles. The van der Waals surface area contributed by atoms with Crippen LogP contribution < -0.4 is 5.32 Å². The molecule has 5 rings (SSSR count). The number of rotatable bonds is 4. The van der Waals surface area contributed by atoms with Gasteiger partial charge in [0.1, 0.15) is 17.6 Å². The van der Waals surface area contributed by atoms with Gasteiger partial charge in [-0.05, 0) is 37.5 Å². The molecule has 1 atom stereocenters. The van der Waals surface area contributed by atoms with Gasteiger partial charge in [-0.2, -0.15) is 0 Å². The van der Waals surface area contributed by atoms with Crippen LogP contribution >= 0.6 is 0 Å². The summed E-state index contributed by atoms with van der Waals surface area (Å²) in [6.45, 7) is 6.40. The van der Waals surface area contributed by atoms with Crippen LogP contribution in [0.2, 0.25) is 0 Å². The van der Waals surface area contributed by atoms with Crippen molar-refractivity contribution in [1.82, 2.24) is 24.8 Å². The van der Waals surface area contributed by atoms with Gasteiger partial charge in [0.2, 0.25) is 0 Å². The lowest BCUT2D eigenvalue weighted by Gasteiger charge is -2.37. The fraction of sp³-hybridized carbons (Fsp3) is 0.250. The summed E-state index contributed by atoms with van der Waals surface area (Å²) in [7, 11) is 0. The number of anilines is 1. The normalized spacial score (nSPS) is 17.6.